The van der Waals surface area contributed by atoms with Crippen LogP contribution in [0.1, 0.15) is 75.8 Å². The Labute approximate surface area is 343 Å². The third-order valence-electron chi connectivity index (χ3n) is 9.08. The van der Waals surface area contributed by atoms with E-state index in [1.165, 1.54) is 19.4 Å². The molecule has 0 bridgehead atoms. The normalized spacial score (nSPS) is 13.5. The Kier molecular flexibility index (Phi) is 20.3. The molecule has 59 heavy (non-hydrogen) atoms. The lowest BCUT2D eigenvalue weighted by Gasteiger charge is -2.28. The number of rotatable bonds is 26. The summed E-state index contributed by atoms with van der Waals surface area (Å²) in [5.41, 5.74) is 30.6. The average Bonchev–Trinajstić information content (AvgIpc) is 3.69. The highest BCUT2D eigenvalue weighted by molar-refractivity contribution is 6.38. The van der Waals surface area contributed by atoms with E-state index in [-0.39, 0.29) is 63.7 Å². The van der Waals surface area contributed by atoms with Crippen molar-refractivity contribution in [1.29, 1.82) is 0 Å². The number of nitrogens with two attached hydrogens (primary N) is 4. The second kappa shape index (κ2) is 24.5. The van der Waals surface area contributed by atoms with Gasteiger partial charge < -0.3 is 49.2 Å². The van der Waals surface area contributed by atoms with E-state index in [1.54, 1.807) is 13.8 Å². The second-order valence-corrected chi connectivity index (χ2v) is 14.5. The maximum Gasteiger partial charge on any atom is 0.289 e. The summed E-state index contributed by atoms with van der Waals surface area (Å²) in [5.74, 6) is -6.22. The number of guanidine groups is 2. The van der Waals surface area contributed by atoms with Crippen molar-refractivity contribution in [1.82, 2.24) is 42.1 Å². The van der Waals surface area contributed by atoms with E-state index >= 15 is 0 Å². The fourth-order valence-electron chi connectivity index (χ4n) is 5.68. The number of carbonyl (C=O) groups excluding carboxylic acids is 7. The number of nitrogens with zero attached hydrogens (tertiary/aromatic N) is 3. The van der Waals surface area contributed by atoms with E-state index in [4.69, 9.17) is 22.9 Å². The fraction of sp³-hybridized carbons (Fsp3) is 0.526. The quantitative estimate of drug-likeness (QED) is 0.0156. The SMILES string of the molecule is CC(=O)C(=O)[C@H](CCCN=C(N)N)NC(=O)[C@@H](NC(=O)[C@H](CCCN=C(N)N)NC(=O)[C@H](Cc1cnc[nH]1)NN[C@@H](C)C(=O)C(=O)NCc1cc(C)ccc1C)C(C)C. The third-order valence-corrected chi connectivity index (χ3v) is 9.08. The summed E-state index contributed by atoms with van der Waals surface area (Å²) in [7, 11) is 0. The molecule has 2 aromatic rings. The van der Waals surface area contributed by atoms with Crippen molar-refractivity contribution in [3.05, 3.63) is 53.1 Å². The number of carbonyl (C=O) groups is 7. The number of aromatic amines is 1. The summed E-state index contributed by atoms with van der Waals surface area (Å²) in [4.78, 5) is 107. The summed E-state index contributed by atoms with van der Waals surface area (Å²) < 4.78 is 0. The van der Waals surface area contributed by atoms with Crippen LogP contribution < -0.4 is 55.1 Å². The van der Waals surface area contributed by atoms with Crippen molar-refractivity contribution in [2.75, 3.05) is 13.1 Å². The van der Waals surface area contributed by atoms with Crippen molar-refractivity contribution in [3.8, 4) is 0 Å². The van der Waals surface area contributed by atoms with Gasteiger partial charge >= 0.3 is 0 Å². The van der Waals surface area contributed by atoms with Gasteiger partial charge in [0.2, 0.25) is 29.3 Å². The predicted molar refractivity (Wildman–Crippen MR) is 221 cm³/mol. The van der Waals surface area contributed by atoms with Gasteiger partial charge in [-0.15, -0.1) is 0 Å². The molecule has 0 saturated carbocycles. The molecule has 0 aliphatic carbocycles. The number of aromatic nitrogens is 2. The Morgan fingerprint density at radius 2 is 1.36 bits per heavy atom. The Hall–Kier alpha value is -6.22. The summed E-state index contributed by atoms with van der Waals surface area (Å²) in [5, 5.41) is 10.6. The Morgan fingerprint density at radius 3 is 1.92 bits per heavy atom. The molecule has 21 heteroatoms. The molecule has 1 aromatic heterocycles. The van der Waals surface area contributed by atoms with Gasteiger partial charge in [0.05, 0.1) is 18.4 Å². The molecule has 324 valence electrons. The minimum absolute atomic E-state index is 0.00664. The Balaban J connectivity index is 2.25. The highest BCUT2D eigenvalue weighted by atomic mass is 16.2. The number of Topliss-reactive ketones (excluding diaryl/α,β-unsaturated/α-hetero) is 3. The molecule has 15 N–H and O–H groups in total. The first kappa shape index (κ1) is 48.9. The predicted octanol–water partition coefficient (Wildman–Crippen LogP) is -2.32. The van der Waals surface area contributed by atoms with Crippen LogP contribution in [0.4, 0.5) is 0 Å². The van der Waals surface area contributed by atoms with Gasteiger partial charge in [-0.2, -0.15) is 0 Å². The summed E-state index contributed by atoms with van der Waals surface area (Å²) in [6.07, 6.45) is 3.49. The number of nitrogens with one attached hydrogen (secondary N) is 7. The number of imidazole rings is 1. The Bertz CT molecular complexity index is 1820. The Morgan fingerprint density at radius 1 is 0.763 bits per heavy atom. The van der Waals surface area contributed by atoms with Gasteiger partial charge in [0, 0.05) is 44.9 Å². The zero-order valence-corrected chi connectivity index (χ0v) is 34.5. The molecule has 4 amide bonds. The highest BCUT2D eigenvalue weighted by Crippen LogP contribution is 2.11. The number of aryl methyl sites for hydroxylation is 2. The van der Waals surface area contributed by atoms with E-state index in [9.17, 15) is 33.6 Å². The van der Waals surface area contributed by atoms with Crippen LogP contribution in [0.5, 0.6) is 0 Å². The summed E-state index contributed by atoms with van der Waals surface area (Å²) in [6.45, 7) is 10.1. The van der Waals surface area contributed by atoms with Gasteiger partial charge in [0.15, 0.2) is 17.7 Å². The molecular weight excluding hydrogens is 765 g/mol. The zero-order valence-electron chi connectivity index (χ0n) is 34.5. The molecule has 2 rings (SSSR count). The van der Waals surface area contributed by atoms with Crippen LogP contribution in [0.3, 0.4) is 0 Å². The van der Waals surface area contributed by atoms with Gasteiger partial charge in [-0.1, -0.05) is 37.6 Å². The molecule has 1 heterocycles. The van der Waals surface area contributed by atoms with Crippen LogP contribution in [0.25, 0.3) is 0 Å². The van der Waals surface area contributed by atoms with Crippen LogP contribution >= 0.6 is 0 Å². The monoisotopic (exact) mass is 824 g/mol. The highest BCUT2D eigenvalue weighted by Gasteiger charge is 2.33. The maximum atomic E-state index is 13.9. The molecule has 0 aliphatic heterocycles. The van der Waals surface area contributed by atoms with Crippen molar-refractivity contribution >= 4 is 52.9 Å². The molecule has 0 saturated heterocycles. The van der Waals surface area contributed by atoms with Crippen molar-refractivity contribution in [2.24, 2.45) is 38.8 Å². The van der Waals surface area contributed by atoms with Crippen LogP contribution in [0.15, 0.2) is 40.7 Å². The lowest BCUT2D eigenvalue weighted by molar-refractivity contribution is -0.139. The number of benzene rings is 1. The van der Waals surface area contributed by atoms with Gasteiger partial charge in [-0.05, 0) is 63.5 Å². The molecule has 5 atom stereocenters. The van der Waals surface area contributed by atoms with E-state index in [0.717, 1.165) is 23.6 Å². The largest absolute Gasteiger partial charge is 0.370 e. The summed E-state index contributed by atoms with van der Waals surface area (Å²) >= 11 is 0. The fourth-order valence-corrected chi connectivity index (χ4v) is 5.68. The standard InChI is InChI=1S/C38H60N14O7/c1-20(2)30(35(58)48-27(32(55)24(6)53)9-7-13-44-37(39)40)50-33(56)28(10-8-14-45-38(41)42)49-34(57)29(16-26-18-43-19-47-26)52-51-23(5)31(54)36(59)46-17-25-15-21(3)11-12-22(25)4/h11-12,15,18-20,23,27-30,51-52H,7-10,13-14,16-17H2,1-6H3,(H,43,47)(H,46,59)(H,48,58)(H,49,57)(H,50,56)(H4,39,40,44)(H4,41,42,45)/t23-,27-,28-,29-,30-/m0/s1. The number of amides is 4. The van der Waals surface area contributed by atoms with Crippen LogP contribution in [-0.2, 0) is 46.5 Å². The van der Waals surface area contributed by atoms with E-state index in [0.29, 0.717) is 5.69 Å². The van der Waals surface area contributed by atoms with E-state index < -0.39 is 77.1 Å². The van der Waals surface area contributed by atoms with Crippen molar-refractivity contribution < 1.29 is 33.6 Å². The van der Waals surface area contributed by atoms with E-state index in [2.05, 4.69) is 52.1 Å². The van der Waals surface area contributed by atoms with Gasteiger partial charge in [0.25, 0.3) is 5.91 Å². The van der Waals surface area contributed by atoms with Gasteiger partial charge in [0.1, 0.15) is 18.1 Å². The number of hydrogen-bond donors (Lipinski definition) is 11. The summed E-state index contributed by atoms with van der Waals surface area (Å²) in [6, 6.07) is -0.0616. The first-order valence-corrected chi connectivity index (χ1v) is 19.2. The first-order chi connectivity index (χ1) is 27.8. The van der Waals surface area contributed by atoms with E-state index in [1.807, 2.05) is 32.0 Å². The van der Waals surface area contributed by atoms with Crippen LogP contribution in [0.2, 0.25) is 0 Å². The topological polar surface area (TPSA) is 349 Å². The average molecular weight is 825 g/mol. The second-order valence-electron chi connectivity index (χ2n) is 14.5. The van der Waals surface area contributed by atoms with Crippen LogP contribution in [-0.4, -0.2) is 106 Å². The number of aliphatic imine (C=N–C) groups is 2. The van der Waals surface area contributed by atoms with Gasteiger partial charge in [-0.25, -0.2) is 15.8 Å². The van der Waals surface area contributed by atoms with Crippen molar-refractivity contribution in [3.63, 3.8) is 0 Å². The minimum Gasteiger partial charge on any atom is -0.370 e. The molecule has 0 aliphatic rings. The molecule has 1 aromatic carbocycles. The molecule has 0 radical (unpaired) electrons. The minimum atomic E-state index is -1.24. The smallest absolute Gasteiger partial charge is 0.289 e. The number of ketones is 3. The third kappa shape index (κ3) is 17.4. The van der Waals surface area contributed by atoms with Gasteiger partial charge in [-0.3, -0.25) is 43.5 Å². The zero-order chi connectivity index (χ0) is 44.2. The lowest BCUT2D eigenvalue weighted by atomic mass is 9.99. The molecule has 0 spiro atoms. The maximum absolute atomic E-state index is 13.9. The number of H-pyrrole nitrogens is 1. The molecule has 0 fully saturated rings. The van der Waals surface area contributed by atoms with Crippen LogP contribution in [0, 0.1) is 19.8 Å². The van der Waals surface area contributed by atoms with Crippen molar-refractivity contribution in [2.45, 2.75) is 110 Å². The number of hydrogen-bond acceptors (Lipinski definition) is 12. The number of hydrazine groups is 1. The lowest BCUT2D eigenvalue weighted by Crippen LogP contribution is -2.60. The molecule has 21 nitrogen and oxygen atoms in total. The first-order valence-electron chi connectivity index (χ1n) is 19.2. The molecule has 0 unspecified atom stereocenters. The molecular formula is C38H60N14O7.